The minimum atomic E-state index is -0.586. The van der Waals surface area contributed by atoms with Crippen LogP contribution < -0.4 is 14.9 Å². The van der Waals surface area contributed by atoms with Crippen LogP contribution in [-0.2, 0) is 9.53 Å². The average Bonchev–Trinajstić information content (AvgIpc) is 3.34. The molecule has 5 rings (SSSR count). The molecule has 0 fully saturated rings. The third-order valence-electron chi connectivity index (χ3n) is 5.54. The lowest BCUT2D eigenvalue weighted by Gasteiger charge is -2.24. The minimum Gasteiger partial charge on any atom is -0.463 e. The van der Waals surface area contributed by atoms with Gasteiger partial charge in [0.1, 0.15) is 0 Å². The highest BCUT2D eigenvalue weighted by Crippen LogP contribution is 2.30. The highest BCUT2D eigenvalue weighted by Gasteiger charge is 2.33. The second kappa shape index (κ2) is 8.09. The number of ether oxygens (including phenoxy) is 1. The maximum Gasteiger partial charge on any atom is 0.338 e. The summed E-state index contributed by atoms with van der Waals surface area (Å²) >= 11 is 1.33. The summed E-state index contributed by atoms with van der Waals surface area (Å²) in [5.74, 6) is -0.450. The van der Waals surface area contributed by atoms with Crippen LogP contribution in [-0.4, -0.2) is 22.1 Å². The molecule has 1 N–H and O–H groups in total. The molecule has 0 saturated heterocycles. The quantitative estimate of drug-likeness (QED) is 0.492. The van der Waals surface area contributed by atoms with E-state index in [0.29, 0.717) is 20.6 Å². The van der Waals surface area contributed by atoms with Gasteiger partial charge in [-0.1, -0.05) is 59.9 Å². The van der Waals surface area contributed by atoms with Gasteiger partial charge in [0.25, 0.3) is 5.56 Å². The Balaban J connectivity index is 1.74. The first kappa shape index (κ1) is 20.2. The average molecular weight is 444 g/mol. The van der Waals surface area contributed by atoms with E-state index in [1.165, 1.54) is 11.3 Å². The Hall–Kier alpha value is -3.71. The molecule has 1 aliphatic rings. The van der Waals surface area contributed by atoms with Crippen molar-refractivity contribution in [1.29, 1.82) is 0 Å². The fraction of sp³-hybridized carbons (Fsp3) is 0.160. The zero-order chi connectivity index (χ0) is 22.2. The second-order valence-corrected chi connectivity index (χ2v) is 8.51. The number of rotatable bonds is 4. The Bertz CT molecular complexity index is 1540. The Labute approximate surface area is 187 Å². The first-order valence-corrected chi connectivity index (χ1v) is 11.2. The monoisotopic (exact) mass is 443 g/mol. The lowest BCUT2D eigenvalue weighted by molar-refractivity contribution is -0.139. The van der Waals surface area contributed by atoms with Gasteiger partial charge in [0.15, 0.2) is 4.80 Å². The van der Waals surface area contributed by atoms with Crippen molar-refractivity contribution in [2.24, 2.45) is 4.99 Å². The largest absolute Gasteiger partial charge is 0.463 e. The van der Waals surface area contributed by atoms with Crippen molar-refractivity contribution in [1.82, 2.24) is 9.55 Å². The van der Waals surface area contributed by atoms with Gasteiger partial charge >= 0.3 is 5.97 Å². The van der Waals surface area contributed by atoms with E-state index in [9.17, 15) is 9.59 Å². The van der Waals surface area contributed by atoms with Gasteiger partial charge in [-0.25, -0.2) is 9.79 Å². The predicted molar refractivity (Wildman–Crippen MR) is 125 cm³/mol. The summed E-state index contributed by atoms with van der Waals surface area (Å²) in [6, 6.07) is 16.9. The first-order valence-electron chi connectivity index (χ1n) is 10.4. The highest BCUT2D eigenvalue weighted by atomic mass is 32.1. The minimum absolute atomic E-state index is 0.179. The number of fused-ring (bicyclic) bond motifs is 2. The van der Waals surface area contributed by atoms with Crippen molar-refractivity contribution in [2.75, 3.05) is 6.61 Å². The molecule has 4 aromatic rings. The van der Waals surface area contributed by atoms with Crippen LogP contribution in [0, 0.1) is 0 Å². The number of carbonyl (C=O) groups excluding carboxylic acids is 1. The molecular weight excluding hydrogens is 422 g/mol. The Morgan fingerprint density at radius 1 is 1.19 bits per heavy atom. The summed E-state index contributed by atoms with van der Waals surface area (Å²) in [6.45, 7) is 3.81. The van der Waals surface area contributed by atoms with Crippen LogP contribution in [0.25, 0.3) is 17.0 Å². The molecule has 2 aromatic carbocycles. The number of para-hydroxylation sites is 1. The van der Waals surface area contributed by atoms with Crippen LogP contribution >= 0.6 is 11.3 Å². The van der Waals surface area contributed by atoms with Crippen LogP contribution in [0.3, 0.4) is 0 Å². The Kier molecular flexibility index (Phi) is 5.11. The molecule has 1 atom stereocenters. The lowest BCUT2D eigenvalue weighted by atomic mass is 9.96. The normalized spacial score (nSPS) is 16.2. The molecule has 0 amide bonds. The zero-order valence-electron chi connectivity index (χ0n) is 17.7. The predicted octanol–water partition coefficient (Wildman–Crippen LogP) is 3.28. The van der Waals surface area contributed by atoms with Crippen molar-refractivity contribution in [3.63, 3.8) is 0 Å². The molecule has 6 nitrogen and oxygen atoms in total. The number of thiazole rings is 1. The van der Waals surface area contributed by atoms with E-state index in [2.05, 4.69) is 9.98 Å². The number of aromatic amines is 1. The zero-order valence-corrected chi connectivity index (χ0v) is 18.5. The van der Waals surface area contributed by atoms with Crippen molar-refractivity contribution >= 4 is 34.3 Å². The lowest BCUT2D eigenvalue weighted by Crippen LogP contribution is -2.39. The topological polar surface area (TPSA) is 76.4 Å². The molecule has 0 spiro atoms. The third kappa shape index (κ3) is 3.31. The van der Waals surface area contributed by atoms with Crippen LogP contribution in [0.2, 0.25) is 0 Å². The van der Waals surface area contributed by atoms with Crippen molar-refractivity contribution in [3.8, 4) is 0 Å². The number of hydrogen-bond donors (Lipinski definition) is 1. The summed E-state index contributed by atoms with van der Waals surface area (Å²) < 4.78 is 7.49. The maximum absolute atomic E-state index is 13.6. The number of aromatic nitrogens is 2. The van der Waals surface area contributed by atoms with Gasteiger partial charge in [0, 0.05) is 22.7 Å². The van der Waals surface area contributed by atoms with Crippen LogP contribution in [0.15, 0.2) is 81.9 Å². The summed E-state index contributed by atoms with van der Waals surface area (Å²) in [5.41, 5.74) is 3.56. The smallest absolute Gasteiger partial charge is 0.338 e. The number of benzene rings is 2. The van der Waals surface area contributed by atoms with Crippen LogP contribution in [0.4, 0.5) is 0 Å². The van der Waals surface area contributed by atoms with E-state index in [-0.39, 0.29) is 12.2 Å². The molecule has 7 heteroatoms. The number of hydrogen-bond acceptors (Lipinski definition) is 5. The summed E-state index contributed by atoms with van der Waals surface area (Å²) in [5, 5.41) is 1.04. The number of nitrogens with zero attached hydrogens (tertiary/aromatic N) is 2. The van der Waals surface area contributed by atoms with Gasteiger partial charge in [0.05, 0.1) is 28.5 Å². The van der Waals surface area contributed by atoms with Gasteiger partial charge in [-0.05, 0) is 31.6 Å². The van der Waals surface area contributed by atoms with E-state index in [1.807, 2.05) is 66.9 Å². The molecule has 1 aliphatic heterocycles. The van der Waals surface area contributed by atoms with E-state index < -0.39 is 12.0 Å². The van der Waals surface area contributed by atoms with Gasteiger partial charge in [0.2, 0.25) is 0 Å². The van der Waals surface area contributed by atoms with E-state index in [4.69, 9.17) is 4.74 Å². The highest BCUT2D eigenvalue weighted by molar-refractivity contribution is 7.07. The molecule has 3 heterocycles. The number of allylic oxidation sites excluding steroid dienone is 1. The second-order valence-electron chi connectivity index (χ2n) is 7.50. The number of carbonyl (C=O) groups is 1. The van der Waals surface area contributed by atoms with Gasteiger partial charge < -0.3 is 9.72 Å². The molecule has 0 unspecified atom stereocenters. The van der Waals surface area contributed by atoms with Crippen LogP contribution in [0.5, 0.6) is 0 Å². The molecule has 0 radical (unpaired) electrons. The summed E-state index contributed by atoms with van der Waals surface area (Å²) in [7, 11) is 0. The molecule has 0 aliphatic carbocycles. The Morgan fingerprint density at radius 2 is 1.94 bits per heavy atom. The number of H-pyrrole nitrogens is 1. The van der Waals surface area contributed by atoms with Gasteiger partial charge in [-0.2, -0.15) is 0 Å². The molecule has 0 saturated carbocycles. The van der Waals surface area contributed by atoms with Crippen molar-refractivity contribution in [2.45, 2.75) is 19.9 Å². The van der Waals surface area contributed by atoms with Crippen molar-refractivity contribution < 1.29 is 9.53 Å². The Morgan fingerprint density at radius 3 is 2.72 bits per heavy atom. The van der Waals surface area contributed by atoms with Crippen LogP contribution in [0.1, 0.15) is 31.0 Å². The first-order chi connectivity index (χ1) is 15.6. The fourth-order valence-electron chi connectivity index (χ4n) is 4.10. The van der Waals surface area contributed by atoms with E-state index in [1.54, 1.807) is 18.4 Å². The molecular formula is C25H21N3O3S. The van der Waals surface area contributed by atoms with E-state index in [0.717, 1.165) is 22.0 Å². The summed E-state index contributed by atoms with van der Waals surface area (Å²) in [4.78, 5) is 34.9. The van der Waals surface area contributed by atoms with E-state index >= 15 is 0 Å². The molecule has 0 bridgehead atoms. The SMILES string of the molecule is CCOC(=O)C1=C(C)N=c2sc(=Cc3c[nH]c4ccccc34)c(=O)n2[C@@H]1c1ccccc1. The number of esters is 1. The number of nitrogens with one attached hydrogen (secondary N) is 1. The molecule has 32 heavy (non-hydrogen) atoms. The summed E-state index contributed by atoms with van der Waals surface area (Å²) in [6.07, 6.45) is 3.78. The third-order valence-corrected chi connectivity index (χ3v) is 6.52. The fourth-order valence-corrected chi connectivity index (χ4v) is 5.13. The molecule has 2 aromatic heterocycles. The van der Waals surface area contributed by atoms with Crippen molar-refractivity contribution in [3.05, 3.63) is 103 Å². The molecule has 160 valence electrons. The van der Waals surface area contributed by atoms with Gasteiger partial charge in [-0.15, -0.1) is 0 Å². The maximum atomic E-state index is 13.6. The van der Waals surface area contributed by atoms with Gasteiger partial charge in [-0.3, -0.25) is 9.36 Å². The standard InChI is InChI=1S/C25H21N3O3S/c1-3-31-24(30)21-15(2)27-25-28(22(21)16-9-5-4-6-10-16)23(29)20(32-25)13-17-14-26-19-12-8-7-11-18(17)19/h4-14,22,26H,3H2,1-2H3/t22-/m1/s1.